The van der Waals surface area contributed by atoms with Gasteiger partial charge in [-0.25, -0.2) is 4.79 Å². The normalized spacial score (nSPS) is 10.7. The fraction of sp³-hybridized carbons (Fsp3) is 0.238. The van der Waals surface area contributed by atoms with Gasteiger partial charge in [-0.3, -0.25) is 4.79 Å². The molecule has 2 aromatic carbocycles. The number of carbonyl (C=O) groups is 1. The third kappa shape index (κ3) is 3.94. The van der Waals surface area contributed by atoms with Crippen molar-refractivity contribution in [1.29, 1.82) is 0 Å². The van der Waals surface area contributed by atoms with Crippen LogP contribution in [-0.2, 0) is 6.42 Å². The molecule has 5 heteroatoms. The summed E-state index contributed by atoms with van der Waals surface area (Å²) >= 11 is 0. The van der Waals surface area contributed by atoms with Crippen LogP contribution in [0.15, 0.2) is 57.7 Å². The summed E-state index contributed by atoms with van der Waals surface area (Å²) < 4.78 is 15.9. The predicted octanol–water partition coefficient (Wildman–Crippen LogP) is 4.02. The third-order valence-corrected chi connectivity index (χ3v) is 4.10. The van der Waals surface area contributed by atoms with E-state index >= 15 is 0 Å². The molecular weight excluding hydrogens is 332 g/mol. The fourth-order valence-corrected chi connectivity index (χ4v) is 2.79. The molecule has 3 rings (SSSR count). The minimum absolute atomic E-state index is 0.100. The van der Waals surface area contributed by atoms with Gasteiger partial charge in [-0.05, 0) is 48.4 Å². The molecule has 134 valence electrons. The second-order valence-corrected chi connectivity index (χ2v) is 5.94. The highest BCUT2D eigenvalue weighted by atomic mass is 16.5. The molecule has 0 spiro atoms. The molecule has 0 saturated carbocycles. The lowest BCUT2D eigenvalue weighted by molar-refractivity contribution is 0.0921. The van der Waals surface area contributed by atoms with Gasteiger partial charge < -0.3 is 13.9 Å². The zero-order valence-corrected chi connectivity index (χ0v) is 14.8. The number of methoxy groups -OCH3 is 1. The summed E-state index contributed by atoms with van der Waals surface area (Å²) in [6.07, 6.45) is 1.74. The maximum atomic E-state index is 12.2. The monoisotopic (exact) mass is 352 g/mol. The van der Waals surface area contributed by atoms with Gasteiger partial charge in [0.05, 0.1) is 7.11 Å². The first-order valence-electron chi connectivity index (χ1n) is 8.47. The van der Waals surface area contributed by atoms with Gasteiger partial charge in [-0.2, -0.15) is 0 Å². The lowest BCUT2D eigenvalue weighted by Gasteiger charge is -2.08. The van der Waals surface area contributed by atoms with E-state index in [1.807, 2.05) is 6.07 Å². The van der Waals surface area contributed by atoms with Crippen molar-refractivity contribution >= 4 is 16.8 Å². The van der Waals surface area contributed by atoms with Gasteiger partial charge in [0, 0.05) is 23.1 Å². The number of ketones is 1. The van der Waals surface area contributed by atoms with E-state index < -0.39 is 0 Å². The molecule has 0 amide bonds. The zero-order valence-electron chi connectivity index (χ0n) is 14.8. The van der Waals surface area contributed by atoms with Gasteiger partial charge >= 0.3 is 5.63 Å². The van der Waals surface area contributed by atoms with Crippen LogP contribution in [0.3, 0.4) is 0 Å². The number of fused-ring (bicyclic) bond motifs is 1. The van der Waals surface area contributed by atoms with Crippen LogP contribution in [0.2, 0.25) is 0 Å². The van der Waals surface area contributed by atoms with Crippen molar-refractivity contribution in [2.75, 3.05) is 13.7 Å². The second-order valence-electron chi connectivity index (χ2n) is 5.94. The molecule has 0 radical (unpaired) electrons. The SMILES string of the molecule is CCCc1cc(=O)oc2cc(OCC(=O)c3ccc(OC)cc3)ccc12. The van der Waals surface area contributed by atoms with Crippen molar-refractivity contribution in [1.82, 2.24) is 0 Å². The van der Waals surface area contributed by atoms with Crippen LogP contribution in [0.5, 0.6) is 11.5 Å². The Bertz CT molecular complexity index is 970. The van der Waals surface area contributed by atoms with Crippen LogP contribution in [0.1, 0.15) is 29.3 Å². The van der Waals surface area contributed by atoms with E-state index in [9.17, 15) is 9.59 Å². The number of aryl methyl sites for hydroxylation is 1. The summed E-state index contributed by atoms with van der Waals surface area (Å²) in [6.45, 7) is 1.96. The first-order valence-corrected chi connectivity index (χ1v) is 8.47. The van der Waals surface area contributed by atoms with Gasteiger partial charge in [0.1, 0.15) is 17.1 Å². The first-order chi connectivity index (χ1) is 12.6. The number of hydrogen-bond acceptors (Lipinski definition) is 5. The Balaban J connectivity index is 1.76. The molecular formula is C21H20O5. The average Bonchev–Trinajstić information content (AvgIpc) is 2.66. The minimum Gasteiger partial charge on any atom is -0.497 e. The molecule has 3 aromatic rings. The number of carbonyl (C=O) groups excluding carboxylic acids is 1. The highest BCUT2D eigenvalue weighted by molar-refractivity contribution is 5.97. The van der Waals surface area contributed by atoms with E-state index in [0.717, 1.165) is 23.8 Å². The predicted molar refractivity (Wildman–Crippen MR) is 99.3 cm³/mol. The number of hydrogen-bond donors (Lipinski definition) is 0. The van der Waals surface area contributed by atoms with Crippen LogP contribution in [-0.4, -0.2) is 19.5 Å². The van der Waals surface area contributed by atoms with E-state index in [1.165, 1.54) is 6.07 Å². The molecule has 1 heterocycles. The van der Waals surface area contributed by atoms with E-state index in [4.69, 9.17) is 13.9 Å². The van der Waals surface area contributed by atoms with Gasteiger partial charge in [-0.15, -0.1) is 0 Å². The Morgan fingerprint density at radius 2 is 1.77 bits per heavy atom. The maximum absolute atomic E-state index is 12.2. The molecule has 0 N–H and O–H groups in total. The van der Waals surface area contributed by atoms with Gasteiger partial charge in [-0.1, -0.05) is 13.3 Å². The van der Waals surface area contributed by atoms with Gasteiger partial charge in [0.15, 0.2) is 12.4 Å². The second kappa shape index (κ2) is 7.87. The molecule has 0 aliphatic heterocycles. The van der Waals surface area contributed by atoms with Crippen molar-refractivity contribution < 1.29 is 18.7 Å². The Hall–Kier alpha value is -3.08. The summed E-state index contributed by atoms with van der Waals surface area (Å²) in [5.41, 5.74) is 1.59. The van der Waals surface area contributed by atoms with Crippen LogP contribution in [0.25, 0.3) is 11.0 Å². The van der Waals surface area contributed by atoms with Crippen molar-refractivity contribution in [3.05, 3.63) is 70.1 Å². The van der Waals surface area contributed by atoms with Crippen LogP contribution in [0.4, 0.5) is 0 Å². The van der Waals surface area contributed by atoms with Crippen LogP contribution < -0.4 is 15.1 Å². The Morgan fingerprint density at radius 1 is 1.04 bits per heavy atom. The minimum atomic E-state index is -0.382. The average molecular weight is 352 g/mol. The topological polar surface area (TPSA) is 65.7 Å². The van der Waals surface area contributed by atoms with Crippen molar-refractivity contribution in [3.63, 3.8) is 0 Å². The highest BCUT2D eigenvalue weighted by Crippen LogP contribution is 2.23. The van der Waals surface area contributed by atoms with E-state index in [0.29, 0.717) is 22.6 Å². The van der Waals surface area contributed by atoms with Crippen LogP contribution in [0, 0.1) is 0 Å². The van der Waals surface area contributed by atoms with E-state index in [2.05, 4.69) is 6.92 Å². The van der Waals surface area contributed by atoms with Gasteiger partial charge in [0.25, 0.3) is 0 Å². The van der Waals surface area contributed by atoms with E-state index in [-0.39, 0.29) is 18.0 Å². The quantitative estimate of drug-likeness (QED) is 0.475. The Labute approximate surface area is 151 Å². The smallest absolute Gasteiger partial charge is 0.336 e. The molecule has 0 atom stereocenters. The highest BCUT2D eigenvalue weighted by Gasteiger charge is 2.10. The number of ether oxygens (including phenoxy) is 2. The van der Waals surface area contributed by atoms with Crippen molar-refractivity contribution in [3.8, 4) is 11.5 Å². The van der Waals surface area contributed by atoms with Crippen LogP contribution >= 0.6 is 0 Å². The molecule has 26 heavy (non-hydrogen) atoms. The molecule has 0 unspecified atom stereocenters. The summed E-state index contributed by atoms with van der Waals surface area (Å²) in [5.74, 6) is 1.03. The molecule has 0 saturated heterocycles. The third-order valence-electron chi connectivity index (χ3n) is 4.10. The fourth-order valence-electron chi connectivity index (χ4n) is 2.79. The number of Topliss-reactive ketones (excluding diaryl/α,β-unsaturated/α-hetero) is 1. The summed E-state index contributed by atoms with van der Waals surface area (Å²) in [7, 11) is 1.57. The summed E-state index contributed by atoms with van der Waals surface area (Å²) in [6, 6.07) is 13.7. The molecule has 0 aliphatic rings. The molecule has 0 aliphatic carbocycles. The maximum Gasteiger partial charge on any atom is 0.336 e. The van der Waals surface area contributed by atoms with E-state index in [1.54, 1.807) is 43.5 Å². The summed E-state index contributed by atoms with van der Waals surface area (Å²) in [5, 5.41) is 0.889. The molecule has 0 bridgehead atoms. The number of benzene rings is 2. The largest absolute Gasteiger partial charge is 0.497 e. The standard InChI is InChI=1S/C21H20O5/c1-3-4-15-11-21(23)26-20-12-17(9-10-18(15)20)25-13-19(22)14-5-7-16(24-2)8-6-14/h5-12H,3-4,13H2,1-2H3. The van der Waals surface area contributed by atoms with Crippen molar-refractivity contribution in [2.24, 2.45) is 0 Å². The molecule has 0 fully saturated rings. The Morgan fingerprint density at radius 3 is 2.46 bits per heavy atom. The first kappa shape index (κ1) is 17.7. The lowest BCUT2D eigenvalue weighted by atomic mass is 10.1. The lowest BCUT2D eigenvalue weighted by Crippen LogP contribution is -2.11. The van der Waals surface area contributed by atoms with Crippen molar-refractivity contribution in [2.45, 2.75) is 19.8 Å². The van der Waals surface area contributed by atoms with Gasteiger partial charge in [0.2, 0.25) is 0 Å². The number of rotatable bonds is 7. The summed E-state index contributed by atoms with van der Waals surface area (Å²) in [4.78, 5) is 24.0. The zero-order chi connectivity index (χ0) is 18.5. The molecule has 5 nitrogen and oxygen atoms in total. The molecule has 1 aromatic heterocycles. The Kier molecular flexibility index (Phi) is 5.37.